The van der Waals surface area contributed by atoms with Crippen molar-refractivity contribution in [1.29, 1.82) is 0 Å². The molecule has 8 nitrogen and oxygen atoms in total. The number of nitrogens with two attached hydrogens (primary N) is 1. The van der Waals surface area contributed by atoms with E-state index in [1.807, 2.05) is 4.90 Å². The second kappa shape index (κ2) is 10.5. The summed E-state index contributed by atoms with van der Waals surface area (Å²) in [6, 6.07) is 13.6. The van der Waals surface area contributed by atoms with Crippen molar-refractivity contribution in [3.05, 3.63) is 65.2 Å². The number of nitrogens with zero attached hydrogens (tertiary/aromatic N) is 3. The minimum absolute atomic E-state index is 0.113. The number of benzene rings is 2. The molecule has 0 bridgehead atoms. The molecule has 2 saturated heterocycles. The Morgan fingerprint density at radius 1 is 1.15 bits per heavy atom. The molecule has 3 aromatic rings. The van der Waals surface area contributed by atoms with Crippen molar-refractivity contribution in [3.63, 3.8) is 0 Å². The van der Waals surface area contributed by atoms with Crippen LogP contribution in [0.1, 0.15) is 30.9 Å². The van der Waals surface area contributed by atoms with Gasteiger partial charge in [0.25, 0.3) is 0 Å². The van der Waals surface area contributed by atoms with Crippen LogP contribution in [0.3, 0.4) is 0 Å². The van der Waals surface area contributed by atoms with E-state index in [2.05, 4.69) is 15.3 Å². The number of alkyl halides is 3. The molecule has 4 N–H and O–H groups in total. The first-order chi connectivity index (χ1) is 18.5. The molecule has 2 aliphatic heterocycles. The second-order valence-electron chi connectivity index (χ2n) is 10.0. The van der Waals surface area contributed by atoms with Crippen LogP contribution in [0.5, 0.6) is 5.88 Å². The lowest BCUT2D eigenvalue weighted by Crippen LogP contribution is -2.41. The summed E-state index contributed by atoms with van der Waals surface area (Å²) >= 11 is 6.14. The summed E-state index contributed by atoms with van der Waals surface area (Å²) in [5, 5.41) is 12.7. The van der Waals surface area contributed by atoms with E-state index in [9.17, 15) is 23.1 Å². The Labute approximate surface area is 228 Å². The van der Waals surface area contributed by atoms with Crippen LogP contribution >= 0.6 is 11.6 Å². The number of carbonyl (C=O) groups is 1. The number of hydrogen-bond donors (Lipinski definition) is 3. The van der Waals surface area contributed by atoms with E-state index in [0.717, 1.165) is 0 Å². The second-order valence-corrected chi connectivity index (χ2v) is 10.5. The van der Waals surface area contributed by atoms with Crippen molar-refractivity contribution < 1.29 is 27.8 Å². The molecule has 2 aliphatic rings. The summed E-state index contributed by atoms with van der Waals surface area (Å²) in [7, 11) is 0. The van der Waals surface area contributed by atoms with Gasteiger partial charge in [-0.1, -0.05) is 48.0 Å². The fourth-order valence-electron chi connectivity index (χ4n) is 5.39. The largest absolute Gasteiger partial charge is 0.480 e. The normalized spacial score (nSPS) is 19.7. The number of carboxylic acid groups (broad SMARTS) is 1. The number of nitrogen functional groups attached to an aromatic ring is 1. The predicted molar refractivity (Wildman–Crippen MR) is 141 cm³/mol. The Balaban J connectivity index is 1.40. The van der Waals surface area contributed by atoms with Gasteiger partial charge in [-0.05, 0) is 47.9 Å². The van der Waals surface area contributed by atoms with E-state index in [1.165, 1.54) is 24.3 Å². The maximum absolute atomic E-state index is 14.4. The third-order valence-electron chi connectivity index (χ3n) is 7.43. The topological polar surface area (TPSA) is 114 Å². The van der Waals surface area contributed by atoms with Gasteiger partial charge in [0.05, 0.1) is 0 Å². The number of carboxylic acids is 1. The number of aliphatic carboxylic acids is 1. The average molecular weight is 562 g/mol. The zero-order chi connectivity index (χ0) is 27.8. The molecule has 2 fully saturated rings. The van der Waals surface area contributed by atoms with Gasteiger partial charge in [-0.3, -0.25) is 4.79 Å². The molecule has 3 heterocycles. The lowest BCUT2D eigenvalue weighted by Gasteiger charge is -2.39. The standard InChI is InChI=1S/C27H27ClF3N5O3/c28-17-6-7-18(19(12-17)16-4-2-1-3-5-16)23(27(29,30)31)39-22-13-21(34-25(32)35-22)36-10-8-26(9-11-36)14-20(24(37)38)33-15-26/h1-7,12-13,20,23,33H,8-11,14-15H2,(H,37,38)(H2,32,34,35)/t20-,23?/m1/s1. The van der Waals surface area contributed by atoms with Gasteiger partial charge in [-0.2, -0.15) is 23.1 Å². The quantitative estimate of drug-likeness (QED) is 0.381. The molecule has 0 aliphatic carbocycles. The van der Waals surface area contributed by atoms with Crippen LogP contribution in [0.25, 0.3) is 11.1 Å². The number of aromatic nitrogens is 2. The Bertz CT molecular complexity index is 1350. The highest BCUT2D eigenvalue weighted by atomic mass is 35.5. The zero-order valence-electron chi connectivity index (χ0n) is 20.8. The first kappa shape index (κ1) is 27.0. The van der Waals surface area contributed by atoms with Crippen molar-refractivity contribution in [2.45, 2.75) is 37.6 Å². The highest BCUT2D eigenvalue weighted by molar-refractivity contribution is 6.30. The average Bonchev–Trinajstić information content (AvgIpc) is 3.31. The summed E-state index contributed by atoms with van der Waals surface area (Å²) in [6.07, 6.45) is -5.16. The summed E-state index contributed by atoms with van der Waals surface area (Å²) < 4.78 is 48.7. The number of hydrogen-bond acceptors (Lipinski definition) is 7. The van der Waals surface area contributed by atoms with E-state index in [4.69, 9.17) is 22.1 Å². The molecule has 0 saturated carbocycles. The van der Waals surface area contributed by atoms with Gasteiger partial charge < -0.3 is 25.8 Å². The van der Waals surface area contributed by atoms with Gasteiger partial charge in [0.15, 0.2) is 0 Å². The Morgan fingerprint density at radius 3 is 2.51 bits per heavy atom. The molecule has 12 heteroatoms. The van der Waals surface area contributed by atoms with Crippen LogP contribution in [0.2, 0.25) is 5.02 Å². The van der Waals surface area contributed by atoms with E-state index in [-0.39, 0.29) is 22.8 Å². The molecule has 206 valence electrons. The first-order valence-electron chi connectivity index (χ1n) is 12.5. The minimum atomic E-state index is -4.77. The Kier molecular flexibility index (Phi) is 7.30. The van der Waals surface area contributed by atoms with Gasteiger partial charge in [0.2, 0.25) is 17.9 Å². The van der Waals surface area contributed by atoms with E-state index < -0.39 is 24.3 Å². The minimum Gasteiger partial charge on any atom is -0.480 e. The van der Waals surface area contributed by atoms with Gasteiger partial charge in [0.1, 0.15) is 11.9 Å². The predicted octanol–water partition coefficient (Wildman–Crippen LogP) is 5.09. The van der Waals surface area contributed by atoms with Crippen molar-refractivity contribution in [1.82, 2.24) is 15.3 Å². The van der Waals surface area contributed by atoms with Crippen molar-refractivity contribution in [2.24, 2.45) is 5.41 Å². The molecule has 1 aromatic heterocycles. The summed E-state index contributed by atoms with van der Waals surface area (Å²) in [5.41, 5.74) is 6.49. The smallest absolute Gasteiger partial charge is 0.429 e. The summed E-state index contributed by atoms with van der Waals surface area (Å²) in [5.74, 6) is -1.03. The van der Waals surface area contributed by atoms with Crippen LogP contribution in [-0.2, 0) is 4.79 Å². The molecule has 2 aromatic carbocycles. The van der Waals surface area contributed by atoms with Crippen LogP contribution in [-0.4, -0.2) is 52.9 Å². The number of piperidine rings is 1. The van der Waals surface area contributed by atoms with Crippen LogP contribution < -0.4 is 20.7 Å². The van der Waals surface area contributed by atoms with Crippen molar-refractivity contribution in [2.75, 3.05) is 30.3 Å². The van der Waals surface area contributed by atoms with Gasteiger partial charge in [-0.25, -0.2) is 0 Å². The van der Waals surface area contributed by atoms with Crippen molar-refractivity contribution >= 4 is 29.3 Å². The highest BCUT2D eigenvalue weighted by Crippen LogP contribution is 2.43. The molecule has 5 rings (SSSR count). The van der Waals surface area contributed by atoms with Gasteiger partial charge in [-0.15, -0.1) is 0 Å². The highest BCUT2D eigenvalue weighted by Gasteiger charge is 2.46. The van der Waals surface area contributed by atoms with E-state index in [1.54, 1.807) is 30.3 Å². The lowest BCUT2D eigenvalue weighted by molar-refractivity contribution is -0.198. The van der Waals surface area contributed by atoms with E-state index in [0.29, 0.717) is 60.9 Å². The van der Waals surface area contributed by atoms with Crippen molar-refractivity contribution in [3.8, 4) is 17.0 Å². The Morgan fingerprint density at radius 2 is 1.87 bits per heavy atom. The fourth-order valence-corrected chi connectivity index (χ4v) is 5.56. The van der Waals surface area contributed by atoms with Crippen LogP contribution in [0.15, 0.2) is 54.6 Å². The third-order valence-corrected chi connectivity index (χ3v) is 7.67. The van der Waals surface area contributed by atoms with Crippen LogP contribution in [0, 0.1) is 5.41 Å². The molecule has 0 amide bonds. The molecule has 39 heavy (non-hydrogen) atoms. The maximum atomic E-state index is 14.4. The first-order valence-corrected chi connectivity index (χ1v) is 12.8. The van der Waals surface area contributed by atoms with Gasteiger partial charge >= 0.3 is 12.1 Å². The number of ether oxygens (including phenoxy) is 1. The molecule has 0 radical (unpaired) electrons. The van der Waals surface area contributed by atoms with Gasteiger partial charge in [0, 0.05) is 36.3 Å². The number of nitrogens with one attached hydrogen (secondary N) is 1. The maximum Gasteiger partial charge on any atom is 0.429 e. The SMILES string of the molecule is Nc1nc(OC(c2ccc(Cl)cc2-c2ccccc2)C(F)(F)F)cc(N2CCC3(CC2)CN[C@@H](C(=O)O)C3)n1. The van der Waals surface area contributed by atoms with Crippen LogP contribution in [0.4, 0.5) is 24.9 Å². The third kappa shape index (κ3) is 5.89. The Hall–Kier alpha value is -3.57. The zero-order valence-corrected chi connectivity index (χ0v) is 21.5. The van der Waals surface area contributed by atoms with E-state index >= 15 is 0 Å². The molecular formula is C27H27ClF3N5O3. The number of halogens is 4. The number of anilines is 2. The number of rotatable bonds is 6. The molecule has 1 unspecified atom stereocenters. The molecular weight excluding hydrogens is 535 g/mol. The monoisotopic (exact) mass is 561 g/mol. The summed E-state index contributed by atoms with van der Waals surface area (Å²) in [6.45, 7) is 1.69. The molecule has 2 atom stereocenters. The summed E-state index contributed by atoms with van der Waals surface area (Å²) in [4.78, 5) is 21.5. The fraction of sp³-hybridized carbons (Fsp3) is 0.370. The molecule has 1 spiro atoms. The lowest BCUT2D eigenvalue weighted by atomic mass is 9.76.